The quantitative estimate of drug-likeness (QED) is 0.813. The monoisotopic (exact) mass is 291 g/mol. The van der Waals surface area contributed by atoms with Gasteiger partial charge >= 0.3 is 0 Å². The average molecular weight is 291 g/mol. The summed E-state index contributed by atoms with van der Waals surface area (Å²) < 4.78 is 21.3. The number of imidazole rings is 1. The molecule has 0 aliphatic rings. The molecule has 0 saturated carbocycles. The lowest BCUT2D eigenvalue weighted by atomic mass is 10.2. The summed E-state index contributed by atoms with van der Waals surface area (Å²) >= 11 is 0. The third-order valence-electron chi connectivity index (χ3n) is 3.04. The Morgan fingerprint density at radius 1 is 1.38 bits per heavy atom. The van der Waals surface area contributed by atoms with Crippen molar-refractivity contribution in [2.24, 2.45) is 5.92 Å². The first-order chi connectivity index (χ1) is 10.1. The number of ether oxygens (including phenoxy) is 1. The number of nitrogens with one attached hydrogen (secondary N) is 1. The van der Waals surface area contributed by atoms with E-state index in [0.717, 1.165) is 12.1 Å². The Bertz CT molecular complexity index is 540. The van der Waals surface area contributed by atoms with E-state index in [1.807, 2.05) is 16.8 Å². The van der Waals surface area contributed by atoms with Crippen LogP contribution < -0.4 is 10.1 Å². The van der Waals surface area contributed by atoms with Gasteiger partial charge in [-0.2, -0.15) is 0 Å². The molecule has 1 heterocycles. The molecule has 0 atom stereocenters. The Balaban J connectivity index is 1.81. The van der Waals surface area contributed by atoms with Gasteiger partial charge in [0.1, 0.15) is 6.61 Å². The van der Waals surface area contributed by atoms with E-state index in [0.29, 0.717) is 31.4 Å². The van der Waals surface area contributed by atoms with E-state index < -0.39 is 0 Å². The van der Waals surface area contributed by atoms with E-state index in [1.54, 1.807) is 18.6 Å². The smallest absolute Gasteiger partial charge is 0.165 e. The molecule has 5 heteroatoms. The number of hydrogen-bond acceptors (Lipinski definition) is 3. The molecule has 1 aromatic carbocycles. The molecule has 4 nitrogen and oxygen atoms in total. The molecule has 2 aromatic rings. The maximum atomic E-state index is 13.9. The molecule has 1 N–H and O–H groups in total. The molecule has 21 heavy (non-hydrogen) atoms. The minimum absolute atomic E-state index is 0.294. The standard InChI is InChI=1S/C16H22FN3O/c1-13(2)10-19-11-14-3-4-16(15(17)9-14)21-8-7-20-6-5-18-12-20/h3-6,9,12-13,19H,7-8,10-11H2,1-2H3. The Labute approximate surface area is 125 Å². The topological polar surface area (TPSA) is 39.1 Å². The largest absolute Gasteiger partial charge is 0.489 e. The van der Waals surface area contributed by atoms with Crippen molar-refractivity contribution >= 4 is 0 Å². The molecule has 0 spiro atoms. The van der Waals surface area contributed by atoms with Crippen LogP contribution in [-0.2, 0) is 13.1 Å². The van der Waals surface area contributed by atoms with Crippen LogP contribution in [0.3, 0.4) is 0 Å². The van der Waals surface area contributed by atoms with Crippen LogP contribution in [0.25, 0.3) is 0 Å². The summed E-state index contributed by atoms with van der Waals surface area (Å²) in [5.74, 6) is 0.563. The van der Waals surface area contributed by atoms with Crippen LogP contribution in [0.1, 0.15) is 19.4 Å². The van der Waals surface area contributed by atoms with Gasteiger partial charge in [-0.15, -0.1) is 0 Å². The summed E-state index contributed by atoms with van der Waals surface area (Å²) in [6.45, 7) is 6.94. The molecule has 0 radical (unpaired) electrons. The molecule has 1 aromatic heterocycles. The third-order valence-corrected chi connectivity index (χ3v) is 3.04. The molecular formula is C16H22FN3O. The third kappa shape index (κ3) is 5.19. The molecule has 0 bridgehead atoms. The van der Waals surface area contributed by atoms with Gasteiger partial charge < -0.3 is 14.6 Å². The zero-order valence-electron chi connectivity index (χ0n) is 12.6. The minimum Gasteiger partial charge on any atom is -0.489 e. The molecule has 0 aliphatic heterocycles. The summed E-state index contributed by atoms with van der Waals surface area (Å²) in [6, 6.07) is 5.11. The fraction of sp³-hybridized carbons (Fsp3) is 0.438. The highest BCUT2D eigenvalue weighted by Gasteiger charge is 2.05. The first-order valence-corrected chi connectivity index (χ1v) is 7.23. The van der Waals surface area contributed by atoms with Crippen molar-refractivity contribution in [2.45, 2.75) is 26.9 Å². The van der Waals surface area contributed by atoms with Gasteiger partial charge in [0.05, 0.1) is 12.9 Å². The van der Waals surface area contributed by atoms with E-state index in [4.69, 9.17) is 4.74 Å². The van der Waals surface area contributed by atoms with Crippen LogP contribution in [0, 0.1) is 11.7 Å². The number of hydrogen-bond donors (Lipinski definition) is 1. The first kappa shape index (κ1) is 15.5. The van der Waals surface area contributed by atoms with Crippen molar-refractivity contribution in [2.75, 3.05) is 13.2 Å². The van der Waals surface area contributed by atoms with Gasteiger partial charge in [-0.3, -0.25) is 0 Å². The van der Waals surface area contributed by atoms with Gasteiger partial charge in [0.25, 0.3) is 0 Å². The first-order valence-electron chi connectivity index (χ1n) is 7.23. The van der Waals surface area contributed by atoms with Gasteiger partial charge in [0.15, 0.2) is 11.6 Å². The summed E-state index contributed by atoms with van der Waals surface area (Å²) in [5.41, 5.74) is 0.926. The number of rotatable bonds is 8. The summed E-state index contributed by atoms with van der Waals surface area (Å²) in [6.07, 6.45) is 5.27. The number of halogens is 1. The predicted molar refractivity (Wildman–Crippen MR) is 80.7 cm³/mol. The van der Waals surface area contributed by atoms with Crippen LogP contribution in [0.2, 0.25) is 0 Å². The van der Waals surface area contributed by atoms with Gasteiger partial charge in [-0.1, -0.05) is 19.9 Å². The van der Waals surface area contributed by atoms with Gasteiger partial charge in [-0.05, 0) is 30.2 Å². The SMILES string of the molecule is CC(C)CNCc1ccc(OCCn2ccnc2)c(F)c1. The van der Waals surface area contributed by atoms with Crippen molar-refractivity contribution in [1.82, 2.24) is 14.9 Å². The van der Waals surface area contributed by atoms with Crippen molar-refractivity contribution in [3.8, 4) is 5.75 Å². The van der Waals surface area contributed by atoms with E-state index in [-0.39, 0.29) is 5.82 Å². The summed E-state index contributed by atoms with van der Waals surface area (Å²) in [5, 5.41) is 3.29. The van der Waals surface area contributed by atoms with Crippen molar-refractivity contribution in [3.63, 3.8) is 0 Å². The Hall–Kier alpha value is -1.88. The molecule has 0 unspecified atom stereocenters. The van der Waals surface area contributed by atoms with Crippen molar-refractivity contribution in [1.29, 1.82) is 0 Å². The fourth-order valence-electron chi connectivity index (χ4n) is 1.96. The second-order valence-corrected chi connectivity index (χ2v) is 5.44. The van der Waals surface area contributed by atoms with Crippen LogP contribution >= 0.6 is 0 Å². The molecule has 0 saturated heterocycles. The fourth-order valence-corrected chi connectivity index (χ4v) is 1.96. The van der Waals surface area contributed by atoms with Crippen molar-refractivity contribution < 1.29 is 9.13 Å². The second kappa shape index (κ2) is 7.78. The number of benzene rings is 1. The van der Waals surface area contributed by atoms with Gasteiger partial charge in [-0.25, -0.2) is 9.37 Å². The maximum absolute atomic E-state index is 13.9. The number of nitrogens with zero attached hydrogens (tertiary/aromatic N) is 2. The van der Waals surface area contributed by atoms with E-state index >= 15 is 0 Å². The molecule has 0 aliphatic carbocycles. The summed E-state index contributed by atoms with van der Waals surface area (Å²) in [7, 11) is 0. The number of aromatic nitrogens is 2. The average Bonchev–Trinajstić information content (AvgIpc) is 2.94. The normalized spacial score (nSPS) is 11.0. The van der Waals surface area contributed by atoms with E-state index in [9.17, 15) is 4.39 Å². The molecule has 0 fully saturated rings. The van der Waals surface area contributed by atoms with Crippen molar-refractivity contribution in [3.05, 3.63) is 48.3 Å². The molecule has 114 valence electrons. The van der Waals surface area contributed by atoms with Crippen LogP contribution in [0.4, 0.5) is 4.39 Å². The maximum Gasteiger partial charge on any atom is 0.165 e. The Morgan fingerprint density at radius 2 is 2.24 bits per heavy atom. The highest BCUT2D eigenvalue weighted by atomic mass is 19.1. The Kier molecular flexibility index (Phi) is 5.75. The van der Waals surface area contributed by atoms with Gasteiger partial charge in [0.2, 0.25) is 0 Å². The minimum atomic E-state index is -0.315. The van der Waals surface area contributed by atoms with Crippen LogP contribution in [0.5, 0.6) is 5.75 Å². The zero-order valence-corrected chi connectivity index (χ0v) is 12.6. The molecular weight excluding hydrogens is 269 g/mol. The lowest BCUT2D eigenvalue weighted by Gasteiger charge is -2.10. The second-order valence-electron chi connectivity index (χ2n) is 5.44. The lowest BCUT2D eigenvalue weighted by Crippen LogP contribution is -2.19. The predicted octanol–water partition coefficient (Wildman–Crippen LogP) is 2.85. The molecule has 0 amide bonds. The Morgan fingerprint density at radius 3 is 2.90 bits per heavy atom. The summed E-state index contributed by atoms with van der Waals surface area (Å²) in [4.78, 5) is 3.94. The highest BCUT2D eigenvalue weighted by Crippen LogP contribution is 2.18. The van der Waals surface area contributed by atoms with Gasteiger partial charge in [0, 0.05) is 18.9 Å². The van der Waals surface area contributed by atoms with E-state index in [2.05, 4.69) is 24.1 Å². The lowest BCUT2D eigenvalue weighted by molar-refractivity contribution is 0.284. The van der Waals surface area contributed by atoms with Crippen LogP contribution in [0.15, 0.2) is 36.9 Å². The molecule has 2 rings (SSSR count). The van der Waals surface area contributed by atoms with E-state index in [1.165, 1.54) is 6.07 Å². The zero-order chi connectivity index (χ0) is 15.1. The highest BCUT2D eigenvalue weighted by molar-refractivity contribution is 5.29. The van der Waals surface area contributed by atoms with Crippen LogP contribution in [-0.4, -0.2) is 22.7 Å².